The quantitative estimate of drug-likeness (QED) is 0.747. The van der Waals surface area contributed by atoms with Gasteiger partial charge in [-0.3, -0.25) is 9.69 Å². The average Bonchev–Trinajstić information content (AvgIpc) is 3.09. The van der Waals surface area contributed by atoms with Crippen LogP contribution in [0.5, 0.6) is 0 Å². The Labute approximate surface area is 150 Å². The highest BCUT2D eigenvalue weighted by molar-refractivity contribution is 9.11. The maximum atomic E-state index is 11.1. The van der Waals surface area contributed by atoms with Crippen molar-refractivity contribution in [1.29, 1.82) is 0 Å². The lowest BCUT2D eigenvalue weighted by atomic mass is 9.95. The molecule has 1 aliphatic heterocycles. The first-order chi connectivity index (χ1) is 10.5. The van der Waals surface area contributed by atoms with Crippen molar-refractivity contribution in [1.82, 2.24) is 4.90 Å². The predicted molar refractivity (Wildman–Crippen MR) is 95.1 cm³/mol. The van der Waals surface area contributed by atoms with Crippen molar-refractivity contribution < 1.29 is 9.90 Å². The van der Waals surface area contributed by atoms with Gasteiger partial charge in [0, 0.05) is 9.75 Å². The zero-order valence-electron chi connectivity index (χ0n) is 11.7. The molecule has 1 fully saturated rings. The molecule has 7 heteroatoms. The number of hydrogen-bond acceptors (Lipinski definition) is 4. The van der Waals surface area contributed by atoms with E-state index in [-0.39, 0.29) is 12.0 Å². The molecule has 0 amide bonds. The molecule has 0 radical (unpaired) electrons. The third-order valence-corrected chi connectivity index (χ3v) is 6.93. The Kier molecular flexibility index (Phi) is 5.24. The summed E-state index contributed by atoms with van der Waals surface area (Å²) in [5.41, 5.74) is 0. The Balaban J connectivity index is 1.85. The van der Waals surface area contributed by atoms with E-state index in [9.17, 15) is 4.79 Å². The number of hydrogen-bond donors (Lipinski definition) is 1. The van der Waals surface area contributed by atoms with Crippen LogP contribution in [0.3, 0.4) is 0 Å². The van der Waals surface area contributed by atoms with E-state index in [1.807, 2.05) is 6.07 Å². The highest BCUT2D eigenvalue weighted by Gasteiger charge is 2.31. The van der Waals surface area contributed by atoms with Crippen LogP contribution in [0.15, 0.2) is 28.1 Å². The predicted octanol–water partition coefficient (Wildman–Crippen LogP) is 5.11. The standard InChI is InChI=1S/C15H15BrClNO2S2/c16-12-3-1-10(21-12)14(11-2-4-13(17)22-11)18-7-5-9(6-8-18)15(19)20/h1-4,9,14H,5-8H2,(H,19,20). The van der Waals surface area contributed by atoms with Gasteiger partial charge in [-0.1, -0.05) is 11.6 Å². The lowest BCUT2D eigenvalue weighted by molar-refractivity contribution is -0.143. The molecule has 0 bridgehead atoms. The maximum Gasteiger partial charge on any atom is 0.306 e. The summed E-state index contributed by atoms with van der Waals surface area (Å²) in [5.74, 6) is -0.881. The number of piperidine rings is 1. The first-order valence-electron chi connectivity index (χ1n) is 7.02. The summed E-state index contributed by atoms with van der Waals surface area (Å²) >= 11 is 13.0. The molecule has 2 aromatic rings. The summed E-state index contributed by atoms with van der Waals surface area (Å²) in [6.45, 7) is 1.60. The van der Waals surface area contributed by atoms with Crippen LogP contribution in [-0.4, -0.2) is 29.1 Å². The second-order valence-corrected chi connectivity index (χ2v) is 9.58. The fourth-order valence-corrected chi connectivity index (χ4v) is 5.72. The van der Waals surface area contributed by atoms with Gasteiger partial charge in [-0.05, 0) is 66.1 Å². The molecule has 3 heterocycles. The molecule has 0 spiro atoms. The van der Waals surface area contributed by atoms with Crippen LogP contribution < -0.4 is 0 Å². The molecule has 0 saturated carbocycles. The van der Waals surface area contributed by atoms with E-state index in [2.05, 4.69) is 39.0 Å². The molecular weight excluding hydrogens is 406 g/mol. The molecule has 1 aliphatic rings. The van der Waals surface area contributed by atoms with Crippen LogP contribution in [0.2, 0.25) is 4.34 Å². The van der Waals surface area contributed by atoms with Gasteiger partial charge in [-0.15, -0.1) is 22.7 Å². The van der Waals surface area contributed by atoms with E-state index < -0.39 is 5.97 Å². The van der Waals surface area contributed by atoms with E-state index in [0.717, 1.165) is 21.2 Å². The minimum absolute atomic E-state index is 0.170. The van der Waals surface area contributed by atoms with Gasteiger partial charge in [-0.2, -0.15) is 0 Å². The first kappa shape index (κ1) is 16.5. The average molecular weight is 421 g/mol. The van der Waals surface area contributed by atoms with Crippen molar-refractivity contribution in [3.8, 4) is 0 Å². The van der Waals surface area contributed by atoms with Crippen molar-refractivity contribution in [2.45, 2.75) is 18.9 Å². The van der Waals surface area contributed by atoms with Crippen molar-refractivity contribution in [3.63, 3.8) is 0 Å². The number of halogens is 2. The summed E-state index contributed by atoms with van der Waals surface area (Å²) in [6, 6.07) is 8.38. The molecule has 0 aliphatic carbocycles. The molecule has 1 N–H and O–H groups in total. The van der Waals surface area contributed by atoms with Crippen LogP contribution in [0, 0.1) is 5.92 Å². The Morgan fingerprint density at radius 1 is 1.23 bits per heavy atom. The lowest BCUT2D eigenvalue weighted by Crippen LogP contribution is -2.38. The summed E-state index contributed by atoms with van der Waals surface area (Å²) in [5, 5.41) is 9.17. The van der Waals surface area contributed by atoms with Gasteiger partial charge < -0.3 is 5.11 Å². The van der Waals surface area contributed by atoms with Crippen molar-refractivity contribution >= 4 is 56.2 Å². The van der Waals surface area contributed by atoms with Gasteiger partial charge in [0.15, 0.2) is 0 Å². The summed E-state index contributed by atoms with van der Waals surface area (Å²) in [6.07, 6.45) is 1.41. The highest BCUT2D eigenvalue weighted by Crippen LogP contribution is 2.40. The SMILES string of the molecule is O=C(O)C1CCN(C(c2ccc(Cl)s2)c2ccc(Br)s2)CC1. The maximum absolute atomic E-state index is 11.1. The largest absolute Gasteiger partial charge is 0.481 e. The molecular formula is C15H15BrClNO2S2. The Hall–Kier alpha value is -0.400. The number of rotatable bonds is 4. The minimum Gasteiger partial charge on any atom is -0.481 e. The van der Waals surface area contributed by atoms with Crippen LogP contribution >= 0.6 is 50.2 Å². The van der Waals surface area contributed by atoms with E-state index in [1.165, 1.54) is 9.75 Å². The zero-order valence-corrected chi connectivity index (χ0v) is 15.6. The molecule has 2 aromatic heterocycles. The van der Waals surface area contributed by atoms with Crippen molar-refractivity contribution in [2.24, 2.45) is 5.92 Å². The number of thiophene rings is 2. The van der Waals surface area contributed by atoms with Gasteiger partial charge in [-0.25, -0.2) is 0 Å². The third kappa shape index (κ3) is 3.57. The number of nitrogens with zero attached hydrogens (tertiary/aromatic N) is 1. The molecule has 0 aromatic carbocycles. The van der Waals surface area contributed by atoms with Gasteiger partial charge in [0.1, 0.15) is 0 Å². The molecule has 1 atom stereocenters. The highest BCUT2D eigenvalue weighted by atomic mass is 79.9. The summed E-state index contributed by atoms with van der Waals surface area (Å²) in [7, 11) is 0. The second-order valence-electron chi connectivity index (χ2n) is 5.33. The van der Waals surface area contributed by atoms with E-state index in [0.29, 0.717) is 12.8 Å². The second kappa shape index (κ2) is 7.01. The number of carboxylic acid groups (broad SMARTS) is 1. The number of aliphatic carboxylic acids is 1. The summed E-state index contributed by atoms with van der Waals surface area (Å²) < 4.78 is 1.90. The minimum atomic E-state index is -0.672. The third-order valence-electron chi connectivity index (χ3n) is 3.97. The Bertz CT molecular complexity index is 624. The van der Waals surface area contributed by atoms with Crippen molar-refractivity contribution in [3.05, 3.63) is 42.1 Å². The molecule has 3 nitrogen and oxygen atoms in total. The molecule has 3 rings (SSSR count). The zero-order chi connectivity index (χ0) is 15.7. The van der Waals surface area contributed by atoms with Crippen LogP contribution in [0.25, 0.3) is 0 Å². The Morgan fingerprint density at radius 2 is 1.86 bits per heavy atom. The van der Waals surface area contributed by atoms with E-state index in [1.54, 1.807) is 22.7 Å². The van der Waals surface area contributed by atoms with Gasteiger partial charge in [0.2, 0.25) is 0 Å². The monoisotopic (exact) mass is 419 g/mol. The lowest BCUT2D eigenvalue weighted by Gasteiger charge is -2.35. The van der Waals surface area contributed by atoms with Crippen LogP contribution in [0.4, 0.5) is 0 Å². The van der Waals surface area contributed by atoms with Gasteiger partial charge in [0.05, 0.1) is 20.1 Å². The number of likely N-dealkylation sites (tertiary alicyclic amines) is 1. The van der Waals surface area contributed by atoms with E-state index >= 15 is 0 Å². The molecule has 118 valence electrons. The fraction of sp³-hybridized carbons (Fsp3) is 0.400. The smallest absolute Gasteiger partial charge is 0.306 e. The molecule has 1 unspecified atom stereocenters. The normalized spacial score (nSPS) is 18.5. The van der Waals surface area contributed by atoms with Crippen LogP contribution in [-0.2, 0) is 4.79 Å². The number of carboxylic acids is 1. The van der Waals surface area contributed by atoms with Gasteiger partial charge >= 0.3 is 5.97 Å². The first-order valence-corrected chi connectivity index (χ1v) is 9.82. The van der Waals surface area contributed by atoms with E-state index in [4.69, 9.17) is 16.7 Å². The Morgan fingerprint density at radius 3 is 2.36 bits per heavy atom. The topological polar surface area (TPSA) is 40.5 Å². The fourth-order valence-electron chi connectivity index (χ4n) is 2.86. The molecule has 1 saturated heterocycles. The number of carbonyl (C=O) groups is 1. The molecule has 22 heavy (non-hydrogen) atoms. The van der Waals surface area contributed by atoms with Gasteiger partial charge in [0.25, 0.3) is 0 Å². The van der Waals surface area contributed by atoms with Crippen molar-refractivity contribution in [2.75, 3.05) is 13.1 Å². The van der Waals surface area contributed by atoms with Crippen LogP contribution in [0.1, 0.15) is 28.6 Å². The summed E-state index contributed by atoms with van der Waals surface area (Å²) in [4.78, 5) is 16.0.